The van der Waals surface area contributed by atoms with Crippen LogP contribution in [0.4, 0.5) is 13.2 Å². The molecule has 0 radical (unpaired) electrons. The summed E-state index contributed by atoms with van der Waals surface area (Å²) >= 11 is -0.224. The number of halogens is 3. The van der Waals surface area contributed by atoms with Gasteiger partial charge >= 0.3 is 5.51 Å². The highest BCUT2D eigenvalue weighted by molar-refractivity contribution is 8.00. The Balaban J connectivity index is 2.63. The first-order chi connectivity index (χ1) is 8.57. The number of nitrogens with one attached hydrogen (secondary N) is 1. The molecule has 0 aliphatic carbocycles. The fraction of sp³-hybridized carbons (Fsp3) is 0.417. The molecule has 0 aliphatic heterocycles. The van der Waals surface area contributed by atoms with Crippen molar-refractivity contribution in [2.75, 3.05) is 0 Å². The molecule has 1 amide bonds. The van der Waals surface area contributed by atoms with Crippen molar-refractivity contribution < 1.29 is 22.8 Å². The van der Waals surface area contributed by atoms with E-state index in [-0.39, 0.29) is 22.2 Å². The van der Waals surface area contributed by atoms with Crippen LogP contribution in [-0.4, -0.2) is 17.0 Å². The lowest BCUT2D eigenvalue weighted by Crippen LogP contribution is -2.33. The van der Waals surface area contributed by atoms with E-state index in [9.17, 15) is 18.0 Å². The fourth-order valence-corrected chi connectivity index (χ4v) is 1.61. The van der Waals surface area contributed by atoms with Gasteiger partial charge in [0.15, 0.2) is 0 Å². The van der Waals surface area contributed by atoms with Crippen LogP contribution in [0.5, 0.6) is 0 Å². The minimum Gasteiger partial charge on any atom is -0.268 e. The van der Waals surface area contributed by atoms with Crippen molar-refractivity contribution in [3.63, 3.8) is 0 Å². The van der Waals surface area contributed by atoms with Gasteiger partial charge in [-0.2, -0.15) is 13.2 Å². The van der Waals surface area contributed by atoms with Gasteiger partial charge in [-0.05, 0) is 56.8 Å². The summed E-state index contributed by atoms with van der Waals surface area (Å²) in [6.07, 6.45) is 0. The first-order valence-electron chi connectivity index (χ1n) is 5.41. The van der Waals surface area contributed by atoms with Gasteiger partial charge < -0.3 is 0 Å². The van der Waals surface area contributed by atoms with E-state index in [1.54, 1.807) is 20.8 Å². The number of hydroxylamine groups is 1. The molecule has 106 valence electrons. The smallest absolute Gasteiger partial charge is 0.268 e. The maximum atomic E-state index is 12.1. The Labute approximate surface area is 113 Å². The molecular weight excluding hydrogens is 279 g/mol. The molecule has 0 spiro atoms. The van der Waals surface area contributed by atoms with Gasteiger partial charge in [-0.15, -0.1) is 0 Å². The van der Waals surface area contributed by atoms with Crippen molar-refractivity contribution in [2.24, 2.45) is 0 Å². The van der Waals surface area contributed by atoms with Crippen LogP contribution in [-0.2, 0) is 4.84 Å². The lowest BCUT2D eigenvalue weighted by atomic mass is 10.2. The molecule has 0 saturated carbocycles. The highest BCUT2D eigenvalue weighted by Gasteiger charge is 2.29. The van der Waals surface area contributed by atoms with E-state index < -0.39 is 17.0 Å². The van der Waals surface area contributed by atoms with Crippen LogP contribution in [0.15, 0.2) is 29.2 Å². The summed E-state index contributed by atoms with van der Waals surface area (Å²) < 4.78 is 36.3. The molecule has 1 aromatic carbocycles. The van der Waals surface area contributed by atoms with Crippen LogP contribution in [0.3, 0.4) is 0 Å². The van der Waals surface area contributed by atoms with Gasteiger partial charge in [0.25, 0.3) is 5.91 Å². The van der Waals surface area contributed by atoms with Gasteiger partial charge in [0.2, 0.25) is 0 Å². The van der Waals surface area contributed by atoms with E-state index in [4.69, 9.17) is 4.84 Å². The van der Waals surface area contributed by atoms with Crippen molar-refractivity contribution in [3.8, 4) is 0 Å². The second kappa shape index (κ2) is 5.83. The predicted molar refractivity (Wildman–Crippen MR) is 66.7 cm³/mol. The summed E-state index contributed by atoms with van der Waals surface area (Å²) in [4.78, 5) is 16.7. The molecule has 0 bridgehead atoms. The molecular formula is C12H14F3NO2S. The number of alkyl halides is 3. The molecule has 1 aromatic rings. The Hall–Kier alpha value is -1.21. The number of rotatable bonds is 3. The number of carbonyl (C=O) groups is 1. The molecule has 0 saturated heterocycles. The van der Waals surface area contributed by atoms with Crippen molar-refractivity contribution >= 4 is 17.7 Å². The number of thioether (sulfide) groups is 1. The van der Waals surface area contributed by atoms with Gasteiger partial charge in [-0.3, -0.25) is 9.63 Å². The van der Waals surface area contributed by atoms with E-state index in [1.165, 1.54) is 24.3 Å². The van der Waals surface area contributed by atoms with E-state index in [1.807, 2.05) is 0 Å². The van der Waals surface area contributed by atoms with Gasteiger partial charge in [0, 0.05) is 10.5 Å². The lowest BCUT2D eigenvalue weighted by molar-refractivity contribution is -0.0589. The number of hydrogen-bond donors (Lipinski definition) is 1. The Morgan fingerprint density at radius 1 is 1.16 bits per heavy atom. The molecule has 0 aromatic heterocycles. The van der Waals surface area contributed by atoms with Crippen LogP contribution < -0.4 is 5.48 Å². The second-order valence-corrected chi connectivity index (χ2v) is 5.86. The van der Waals surface area contributed by atoms with E-state index in [0.29, 0.717) is 0 Å². The maximum Gasteiger partial charge on any atom is 0.446 e. The largest absolute Gasteiger partial charge is 0.446 e. The summed E-state index contributed by atoms with van der Waals surface area (Å²) in [6.45, 7) is 5.28. The van der Waals surface area contributed by atoms with Gasteiger partial charge in [-0.25, -0.2) is 5.48 Å². The zero-order valence-electron chi connectivity index (χ0n) is 10.7. The number of hydrogen-bond acceptors (Lipinski definition) is 3. The fourth-order valence-electron chi connectivity index (χ4n) is 1.07. The standard InChI is InChI=1S/C12H14F3NO2S/c1-11(2,3)18-16-10(17)8-4-6-9(7-5-8)19-12(13,14)15/h4-7H,1-3H3,(H,16,17). The topological polar surface area (TPSA) is 38.3 Å². The quantitative estimate of drug-likeness (QED) is 0.681. The lowest BCUT2D eigenvalue weighted by Gasteiger charge is -2.18. The Morgan fingerprint density at radius 2 is 1.68 bits per heavy atom. The van der Waals surface area contributed by atoms with Crippen LogP contribution in [0, 0.1) is 0 Å². The van der Waals surface area contributed by atoms with Crippen molar-refractivity contribution in [1.82, 2.24) is 5.48 Å². The minimum atomic E-state index is -4.33. The highest BCUT2D eigenvalue weighted by Crippen LogP contribution is 2.36. The van der Waals surface area contributed by atoms with Crippen molar-refractivity contribution in [3.05, 3.63) is 29.8 Å². The van der Waals surface area contributed by atoms with Crippen LogP contribution in [0.1, 0.15) is 31.1 Å². The number of carbonyl (C=O) groups excluding carboxylic acids is 1. The molecule has 1 N–H and O–H groups in total. The summed E-state index contributed by atoms with van der Waals surface area (Å²) in [5, 5.41) is 0. The van der Waals surface area contributed by atoms with Gasteiger partial charge in [0.1, 0.15) is 0 Å². The summed E-state index contributed by atoms with van der Waals surface area (Å²) in [6, 6.07) is 5.11. The number of amides is 1. The van der Waals surface area contributed by atoms with E-state index in [0.717, 1.165) is 0 Å². The van der Waals surface area contributed by atoms with Crippen LogP contribution in [0.25, 0.3) is 0 Å². The maximum absolute atomic E-state index is 12.1. The Bertz CT molecular complexity index is 438. The first kappa shape index (κ1) is 15.8. The molecule has 19 heavy (non-hydrogen) atoms. The normalized spacial score (nSPS) is 12.3. The van der Waals surface area contributed by atoms with E-state index >= 15 is 0 Å². The molecule has 0 aliphatic rings. The average molecular weight is 293 g/mol. The first-order valence-corrected chi connectivity index (χ1v) is 6.23. The summed E-state index contributed by atoms with van der Waals surface area (Å²) in [7, 11) is 0. The molecule has 0 atom stereocenters. The summed E-state index contributed by atoms with van der Waals surface area (Å²) in [5.41, 5.74) is -2.40. The third-order valence-corrected chi connectivity index (χ3v) is 2.54. The molecule has 0 fully saturated rings. The third-order valence-electron chi connectivity index (χ3n) is 1.80. The van der Waals surface area contributed by atoms with Crippen molar-refractivity contribution in [2.45, 2.75) is 36.8 Å². The Morgan fingerprint density at radius 3 is 2.11 bits per heavy atom. The average Bonchev–Trinajstić information content (AvgIpc) is 2.23. The second-order valence-electron chi connectivity index (χ2n) is 4.72. The van der Waals surface area contributed by atoms with Crippen molar-refractivity contribution in [1.29, 1.82) is 0 Å². The SMILES string of the molecule is CC(C)(C)ONC(=O)c1ccc(SC(F)(F)F)cc1. The van der Waals surface area contributed by atoms with E-state index in [2.05, 4.69) is 5.48 Å². The Kier molecular flexibility index (Phi) is 4.86. The zero-order chi connectivity index (χ0) is 14.7. The van der Waals surface area contributed by atoms with Gasteiger partial charge in [0.05, 0.1) is 5.60 Å². The number of benzene rings is 1. The van der Waals surface area contributed by atoms with Gasteiger partial charge in [-0.1, -0.05) is 0 Å². The third kappa shape index (κ3) is 6.49. The molecule has 1 rings (SSSR count). The summed E-state index contributed by atoms with van der Waals surface area (Å²) in [5.74, 6) is -0.501. The zero-order valence-corrected chi connectivity index (χ0v) is 11.5. The van der Waals surface area contributed by atoms with Crippen LogP contribution in [0.2, 0.25) is 0 Å². The molecule has 0 heterocycles. The molecule has 0 unspecified atom stereocenters. The minimum absolute atomic E-state index is 0.0285. The molecule has 3 nitrogen and oxygen atoms in total. The molecule has 7 heteroatoms. The predicted octanol–water partition coefficient (Wildman–Crippen LogP) is 3.76. The highest BCUT2D eigenvalue weighted by atomic mass is 32.2. The van der Waals surface area contributed by atoms with Crippen LogP contribution >= 0.6 is 11.8 Å². The monoisotopic (exact) mass is 293 g/mol.